The van der Waals surface area contributed by atoms with Crippen molar-refractivity contribution in [3.8, 4) is 0 Å². The summed E-state index contributed by atoms with van der Waals surface area (Å²) in [5.41, 5.74) is 2.14. The molecule has 0 saturated carbocycles. The van der Waals surface area contributed by atoms with Crippen molar-refractivity contribution in [1.82, 2.24) is 0 Å². The van der Waals surface area contributed by atoms with E-state index < -0.39 is 0 Å². The van der Waals surface area contributed by atoms with Gasteiger partial charge in [-0.2, -0.15) is 75.4 Å². The van der Waals surface area contributed by atoms with Crippen LogP contribution < -0.4 is 0 Å². The Bertz CT molecular complexity index is 385. The molecule has 0 saturated heterocycles. The van der Waals surface area contributed by atoms with Crippen molar-refractivity contribution in [2.75, 3.05) is 26.2 Å². The van der Waals surface area contributed by atoms with E-state index in [1.165, 1.54) is 0 Å². The molecule has 0 heterocycles. The Morgan fingerprint density at radius 1 is 0.560 bits per heavy atom. The van der Waals surface area contributed by atoms with Crippen molar-refractivity contribution in [1.29, 1.82) is 0 Å². The average molecular weight is 374 g/mol. The second-order valence-corrected chi connectivity index (χ2v) is 4.68. The third-order valence-corrected chi connectivity index (χ3v) is 2.58. The smallest absolute Gasteiger partial charge is 0.663 e. The zero-order chi connectivity index (χ0) is 18.5. The van der Waals surface area contributed by atoms with Crippen molar-refractivity contribution in [2.45, 2.75) is 27.7 Å². The fourth-order valence-corrected chi connectivity index (χ4v) is 1.40. The summed E-state index contributed by atoms with van der Waals surface area (Å²) < 4.78 is 0. The predicted octanol–water partition coefficient (Wildman–Crippen LogP) is 6.53. The quantitative estimate of drug-likeness (QED) is 0.430. The zero-order valence-corrected chi connectivity index (χ0v) is 18.0. The van der Waals surface area contributed by atoms with Crippen molar-refractivity contribution < 1.29 is 21.7 Å². The molecule has 0 aromatic heterocycles. The van der Waals surface area contributed by atoms with Gasteiger partial charge in [-0.1, -0.05) is 39.8 Å². The minimum Gasteiger partial charge on any atom is -0.663 e. The molecule has 0 radical (unpaired) electrons. The molecular weight excluding hydrogens is 340 g/mol. The standard InChI is InChI=1S/2C7H7.2C4H10N.Ti/c2*1-7-5-3-2-4-6-7;2*1-3-5-4-2;/h2*2-6H,1H2;2*3-4H2,1-2H3;/q4*-1;+4. The van der Waals surface area contributed by atoms with E-state index in [0.29, 0.717) is 0 Å². The maximum absolute atomic E-state index is 3.97. The van der Waals surface area contributed by atoms with Crippen LogP contribution >= 0.6 is 0 Å². The van der Waals surface area contributed by atoms with Gasteiger partial charge in [-0.05, 0) is 0 Å². The summed E-state index contributed by atoms with van der Waals surface area (Å²) in [7, 11) is 0. The molecule has 0 aliphatic carbocycles. The van der Waals surface area contributed by atoms with Gasteiger partial charge in [0.05, 0.1) is 0 Å². The molecule has 0 bridgehead atoms. The molecule has 0 aliphatic heterocycles. The van der Waals surface area contributed by atoms with Crippen LogP contribution in [0.2, 0.25) is 0 Å². The molecule has 2 rings (SSSR count). The van der Waals surface area contributed by atoms with E-state index in [1.54, 1.807) is 0 Å². The summed E-state index contributed by atoms with van der Waals surface area (Å²) >= 11 is 0. The van der Waals surface area contributed by atoms with Gasteiger partial charge in [-0.15, -0.1) is 24.3 Å². The van der Waals surface area contributed by atoms with Gasteiger partial charge < -0.3 is 10.6 Å². The van der Waals surface area contributed by atoms with E-state index in [-0.39, 0.29) is 21.7 Å². The molecule has 0 spiro atoms. The van der Waals surface area contributed by atoms with Gasteiger partial charge in [0.1, 0.15) is 0 Å². The first kappa shape index (κ1) is 28.6. The van der Waals surface area contributed by atoms with E-state index in [0.717, 1.165) is 37.3 Å². The second-order valence-electron chi connectivity index (χ2n) is 4.68. The Balaban J connectivity index is -0.000000259. The first-order valence-electron chi connectivity index (χ1n) is 8.62. The van der Waals surface area contributed by atoms with Crippen LogP contribution in [0.15, 0.2) is 60.7 Å². The van der Waals surface area contributed by atoms with Crippen molar-refractivity contribution in [3.63, 3.8) is 0 Å². The topological polar surface area (TPSA) is 28.2 Å². The van der Waals surface area contributed by atoms with Crippen LogP contribution in [0, 0.1) is 13.8 Å². The van der Waals surface area contributed by atoms with Crippen LogP contribution in [0.4, 0.5) is 0 Å². The number of rotatable bonds is 4. The van der Waals surface area contributed by atoms with Gasteiger partial charge in [0, 0.05) is 0 Å². The molecule has 0 aliphatic rings. The van der Waals surface area contributed by atoms with E-state index in [1.807, 2.05) is 88.4 Å². The minimum atomic E-state index is 0. The Morgan fingerprint density at radius 3 is 0.880 bits per heavy atom. The molecule has 0 unspecified atom stereocenters. The van der Waals surface area contributed by atoms with Crippen LogP contribution in [0.3, 0.4) is 0 Å². The Labute approximate surface area is 171 Å². The number of benzene rings is 2. The van der Waals surface area contributed by atoms with Gasteiger partial charge >= 0.3 is 21.7 Å². The van der Waals surface area contributed by atoms with Crippen molar-refractivity contribution >= 4 is 0 Å². The molecule has 2 nitrogen and oxygen atoms in total. The Hall–Kier alpha value is -1.19. The second kappa shape index (κ2) is 25.1. The van der Waals surface area contributed by atoms with Crippen LogP contribution in [0.25, 0.3) is 10.6 Å². The molecular formula is C22H34N2Ti. The van der Waals surface area contributed by atoms with Gasteiger partial charge in [-0.3, -0.25) is 0 Å². The maximum atomic E-state index is 3.97. The average Bonchev–Trinajstić information content (AvgIpc) is 2.59. The van der Waals surface area contributed by atoms with Crippen LogP contribution in [0.5, 0.6) is 0 Å². The van der Waals surface area contributed by atoms with Crippen LogP contribution in [-0.4, -0.2) is 26.2 Å². The SMILES string of the molecule is CC[N-]CC.CC[N-]CC.[CH2-]c1ccccc1.[CH2-]c1ccccc1.[Ti+4]. The number of hydrogen-bond acceptors (Lipinski definition) is 0. The first-order chi connectivity index (χ1) is 11.6. The summed E-state index contributed by atoms with van der Waals surface area (Å²) in [5, 5.41) is 7.94. The summed E-state index contributed by atoms with van der Waals surface area (Å²) in [6, 6.07) is 19.7. The molecule has 136 valence electrons. The largest absolute Gasteiger partial charge is 4.00 e. The zero-order valence-electron chi connectivity index (χ0n) is 16.4. The molecule has 0 amide bonds. The normalized spacial score (nSPS) is 8.16. The summed E-state index contributed by atoms with van der Waals surface area (Å²) in [4.78, 5) is 0. The van der Waals surface area contributed by atoms with Crippen molar-refractivity contribution in [2.24, 2.45) is 0 Å². The van der Waals surface area contributed by atoms with Crippen LogP contribution in [-0.2, 0) is 21.7 Å². The predicted molar refractivity (Wildman–Crippen MR) is 111 cm³/mol. The van der Waals surface area contributed by atoms with Crippen molar-refractivity contribution in [3.05, 3.63) is 96.3 Å². The molecule has 0 fully saturated rings. The fourth-order valence-electron chi connectivity index (χ4n) is 1.40. The Kier molecular flexibility index (Phi) is 28.7. The van der Waals surface area contributed by atoms with E-state index >= 15 is 0 Å². The third kappa shape index (κ3) is 27.9. The molecule has 2 aromatic carbocycles. The fraction of sp³-hybridized carbons (Fsp3) is 0.364. The maximum Gasteiger partial charge on any atom is 4.00 e. The van der Waals surface area contributed by atoms with E-state index in [2.05, 4.69) is 24.5 Å². The molecule has 25 heavy (non-hydrogen) atoms. The van der Waals surface area contributed by atoms with Gasteiger partial charge in [0.2, 0.25) is 0 Å². The van der Waals surface area contributed by atoms with Gasteiger partial charge in [-0.25, -0.2) is 0 Å². The monoisotopic (exact) mass is 374 g/mol. The van der Waals surface area contributed by atoms with E-state index in [4.69, 9.17) is 0 Å². The molecule has 2 aromatic rings. The van der Waals surface area contributed by atoms with E-state index in [9.17, 15) is 0 Å². The van der Waals surface area contributed by atoms with Gasteiger partial charge in [0.25, 0.3) is 0 Å². The Morgan fingerprint density at radius 2 is 0.800 bits per heavy atom. The third-order valence-electron chi connectivity index (χ3n) is 2.58. The van der Waals surface area contributed by atoms with Crippen LogP contribution in [0.1, 0.15) is 38.8 Å². The minimum absolute atomic E-state index is 0. The molecule has 0 atom stereocenters. The first-order valence-corrected chi connectivity index (χ1v) is 8.62. The molecule has 3 heteroatoms. The number of hydrogen-bond donors (Lipinski definition) is 0. The van der Waals surface area contributed by atoms with Gasteiger partial charge in [0.15, 0.2) is 0 Å². The molecule has 0 N–H and O–H groups in total. The summed E-state index contributed by atoms with van der Waals surface area (Å²) in [6.45, 7) is 19.5. The summed E-state index contributed by atoms with van der Waals surface area (Å²) in [5.74, 6) is 0. The summed E-state index contributed by atoms with van der Waals surface area (Å²) in [6.07, 6.45) is 0. The number of nitrogens with zero attached hydrogens (tertiary/aromatic N) is 2.